The van der Waals surface area contributed by atoms with Gasteiger partial charge in [-0.1, -0.05) is 0 Å². The van der Waals surface area contributed by atoms with E-state index in [2.05, 4.69) is 14.9 Å². The Morgan fingerprint density at radius 2 is 2.06 bits per heavy atom. The molecular formula is C13H22N4O. The fourth-order valence-corrected chi connectivity index (χ4v) is 2.33. The zero-order valence-corrected chi connectivity index (χ0v) is 11.2. The lowest BCUT2D eigenvalue weighted by Gasteiger charge is -2.28. The number of aromatic nitrogens is 2. The van der Waals surface area contributed by atoms with Gasteiger partial charge in [0, 0.05) is 32.7 Å². The molecule has 0 bridgehead atoms. The van der Waals surface area contributed by atoms with Crippen LogP contribution in [0.15, 0.2) is 12.4 Å². The number of piperidine rings is 1. The van der Waals surface area contributed by atoms with E-state index < -0.39 is 0 Å². The molecule has 1 aromatic heterocycles. The van der Waals surface area contributed by atoms with Crippen molar-refractivity contribution in [1.29, 1.82) is 0 Å². The molecule has 2 heterocycles. The van der Waals surface area contributed by atoms with E-state index in [1.807, 2.05) is 18.0 Å². The molecule has 2 rings (SSSR count). The Kier molecular flexibility index (Phi) is 4.36. The first kappa shape index (κ1) is 13.1. The van der Waals surface area contributed by atoms with Crippen LogP contribution < -0.4 is 9.80 Å². The van der Waals surface area contributed by atoms with E-state index in [1.54, 1.807) is 13.3 Å². The molecule has 1 aliphatic rings. The van der Waals surface area contributed by atoms with E-state index >= 15 is 0 Å². The highest BCUT2D eigenvalue weighted by Crippen LogP contribution is 2.20. The van der Waals surface area contributed by atoms with Crippen LogP contribution in [0.25, 0.3) is 0 Å². The first-order valence-electron chi connectivity index (χ1n) is 6.63. The second-order valence-electron chi connectivity index (χ2n) is 5.01. The van der Waals surface area contributed by atoms with Gasteiger partial charge in [0.05, 0.1) is 6.10 Å². The van der Waals surface area contributed by atoms with Crippen molar-refractivity contribution < 1.29 is 5.11 Å². The maximum absolute atomic E-state index is 9.41. The summed E-state index contributed by atoms with van der Waals surface area (Å²) in [6.07, 6.45) is 5.04. The molecule has 0 radical (unpaired) electrons. The van der Waals surface area contributed by atoms with Crippen molar-refractivity contribution in [3.8, 4) is 0 Å². The molecule has 1 N–H and O–H groups in total. The highest BCUT2D eigenvalue weighted by atomic mass is 16.3. The third-order valence-corrected chi connectivity index (χ3v) is 3.25. The average molecular weight is 250 g/mol. The highest BCUT2D eigenvalue weighted by molar-refractivity contribution is 5.49. The summed E-state index contributed by atoms with van der Waals surface area (Å²) in [5.41, 5.74) is 0. The van der Waals surface area contributed by atoms with Gasteiger partial charge < -0.3 is 14.9 Å². The van der Waals surface area contributed by atoms with Crippen LogP contribution in [-0.4, -0.2) is 47.9 Å². The highest BCUT2D eigenvalue weighted by Gasteiger charge is 2.14. The van der Waals surface area contributed by atoms with Crippen LogP contribution >= 0.6 is 0 Å². The van der Waals surface area contributed by atoms with Crippen LogP contribution in [0.3, 0.4) is 0 Å². The summed E-state index contributed by atoms with van der Waals surface area (Å²) < 4.78 is 0. The van der Waals surface area contributed by atoms with Crippen LogP contribution in [0, 0.1) is 0 Å². The maximum atomic E-state index is 9.41. The normalized spacial score (nSPS) is 17.6. The molecule has 0 unspecified atom stereocenters. The third-order valence-electron chi connectivity index (χ3n) is 3.25. The lowest BCUT2D eigenvalue weighted by molar-refractivity contribution is 0.201. The predicted molar refractivity (Wildman–Crippen MR) is 73.0 cm³/mol. The van der Waals surface area contributed by atoms with Crippen molar-refractivity contribution >= 4 is 11.6 Å². The van der Waals surface area contributed by atoms with E-state index in [4.69, 9.17) is 0 Å². The van der Waals surface area contributed by atoms with Gasteiger partial charge in [-0.3, -0.25) is 0 Å². The van der Waals surface area contributed by atoms with Gasteiger partial charge in [-0.25, -0.2) is 9.97 Å². The van der Waals surface area contributed by atoms with Crippen LogP contribution in [0.4, 0.5) is 11.6 Å². The summed E-state index contributed by atoms with van der Waals surface area (Å²) in [6.45, 7) is 4.52. The molecule has 0 aliphatic carbocycles. The number of hydrogen-bond donors (Lipinski definition) is 1. The SMILES string of the molecule is C[C@@H](O)CN(C)c1cc(N2CCCCC2)ncn1. The van der Waals surface area contributed by atoms with Crippen LogP contribution in [0.2, 0.25) is 0 Å². The molecule has 0 amide bonds. The Hall–Kier alpha value is -1.36. The number of aliphatic hydroxyl groups excluding tert-OH is 1. The quantitative estimate of drug-likeness (QED) is 0.872. The summed E-state index contributed by atoms with van der Waals surface area (Å²) in [4.78, 5) is 12.9. The third kappa shape index (κ3) is 3.32. The Morgan fingerprint density at radius 3 is 2.72 bits per heavy atom. The largest absolute Gasteiger partial charge is 0.392 e. The summed E-state index contributed by atoms with van der Waals surface area (Å²) in [5, 5.41) is 9.41. The summed E-state index contributed by atoms with van der Waals surface area (Å²) in [5.74, 6) is 1.86. The number of hydrogen-bond acceptors (Lipinski definition) is 5. The monoisotopic (exact) mass is 250 g/mol. The smallest absolute Gasteiger partial charge is 0.134 e. The Labute approximate surface area is 108 Å². The molecule has 100 valence electrons. The zero-order chi connectivity index (χ0) is 13.0. The lowest BCUT2D eigenvalue weighted by atomic mass is 10.1. The second-order valence-corrected chi connectivity index (χ2v) is 5.01. The number of aliphatic hydroxyl groups is 1. The summed E-state index contributed by atoms with van der Waals surface area (Å²) >= 11 is 0. The molecule has 0 aromatic carbocycles. The summed E-state index contributed by atoms with van der Waals surface area (Å²) in [7, 11) is 1.94. The van der Waals surface area contributed by atoms with E-state index in [0.29, 0.717) is 6.54 Å². The van der Waals surface area contributed by atoms with E-state index in [1.165, 1.54) is 19.3 Å². The van der Waals surface area contributed by atoms with E-state index in [-0.39, 0.29) is 6.10 Å². The predicted octanol–water partition coefficient (Wildman–Crippen LogP) is 1.28. The van der Waals surface area contributed by atoms with Gasteiger partial charge >= 0.3 is 0 Å². The molecule has 0 saturated carbocycles. The molecule has 0 spiro atoms. The Bertz CT molecular complexity index is 377. The van der Waals surface area contributed by atoms with Crippen molar-refractivity contribution in [2.75, 3.05) is 36.5 Å². The van der Waals surface area contributed by atoms with Crippen molar-refractivity contribution in [2.24, 2.45) is 0 Å². The number of likely N-dealkylation sites (N-methyl/N-ethyl adjacent to an activating group) is 1. The van der Waals surface area contributed by atoms with Crippen LogP contribution in [0.5, 0.6) is 0 Å². The van der Waals surface area contributed by atoms with Crippen molar-refractivity contribution in [1.82, 2.24) is 9.97 Å². The van der Waals surface area contributed by atoms with Gasteiger partial charge in [-0.05, 0) is 26.2 Å². The molecule has 1 atom stereocenters. The van der Waals surface area contributed by atoms with Crippen LogP contribution in [-0.2, 0) is 0 Å². The van der Waals surface area contributed by atoms with Crippen LogP contribution in [0.1, 0.15) is 26.2 Å². The van der Waals surface area contributed by atoms with Gasteiger partial charge in [0.1, 0.15) is 18.0 Å². The Morgan fingerprint density at radius 1 is 1.33 bits per heavy atom. The molecule has 5 nitrogen and oxygen atoms in total. The topological polar surface area (TPSA) is 52.5 Å². The number of nitrogens with zero attached hydrogens (tertiary/aromatic N) is 4. The minimum atomic E-state index is -0.358. The van der Waals surface area contributed by atoms with Gasteiger partial charge in [0.25, 0.3) is 0 Å². The van der Waals surface area contributed by atoms with Gasteiger partial charge in [0.15, 0.2) is 0 Å². The number of anilines is 2. The summed E-state index contributed by atoms with van der Waals surface area (Å²) in [6, 6.07) is 2.01. The molecular weight excluding hydrogens is 228 g/mol. The van der Waals surface area contributed by atoms with Gasteiger partial charge in [-0.2, -0.15) is 0 Å². The van der Waals surface area contributed by atoms with Gasteiger partial charge in [-0.15, -0.1) is 0 Å². The number of rotatable bonds is 4. The minimum Gasteiger partial charge on any atom is -0.392 e. The average Bonchev–Trinajstić information content (AvgIpc) is 2.39. The van der Waals surface area contributed by atoms with E-state index in [9.17, 15) is 5.11 Å². The lowest BCUT2D eigenvalue weighted by Crippen LogP contribution is -2.31. The fraction of sp³-hybridized carbons (Fsp3) is 0.692. The Balaban J connectivity index is 2.08. The fourth-order valence-electron chi connectivity index (χ4n) is 2.33. The molecule has 1 fully saturated rings. The van der Waals surface area contributed by atoms with Crippen molar-refractivity contribution in [3.05, 3.63) is 12.4 Å². The molecule has 1 aromatic rings. The molecule has 5 heteroatoms. The van der Waals surface area contributed by atoms with Crippen molar-refractivity contribution in [3.63, 3.8) is 0 Å². The first-order chi connectivity index (χ1) is 8.66. The molecule has 1 aliphatic heterocycles. The van der Waals surface area contributed by atoms with Crippen molar-refractivity contribution in [2.45, 2.75) is 32.3 Å². The standard InChI is InChI=1S/C13H22N4O/c1-11(18)9-16(2)12-8-13(15-10-14-12)17-6-4-3-5-7-17/h8,10-11,18H,3-7,9H2,1-2H3/t11-/m1/s1. The minimum absolute atomic E-state index is 0.358. The van der Waals surface area contributed by atoms with E-state index in [0.717, 1.165) is 24.7 Å². The molecule has 18 heavy (non-hydrogen) atoms. The van der Waals surface area contributed by atoms with Gasteiger partial charge in [0.2, 0.25) is 0 Å². The molecule has 1 saturated heterocycles. The first-order valence-corrected chi connectivity index (χ1v) is 6.63. The maximum Gasteiger partial charge on any atom is 0.134 e. The second kappa shape index (κ2) is 6.00. The zero-order valence-electron chi connectivity index (χ0n) is 11.2.